The van der Waals surface area contributed by atoms with Crippen molar-refractivity contribution < 1.29 is 0 Å². The van der Waals surface area contributed by atoms with Gasteiger partial charge in [-0.25, -0.2) is 0 Å². The van der Waals surface area contributed by atoms with Crippen molar-refractivity contribution in [2.45, 2.75) is 64.5 Å². The van der Waals surface area contributed by atoms with Gasteiger partial charge in [0.05, 0.1) is 0 Å². The van der Waals surface area contributed by atoms with E-state index in [-0.39, 0.29) is 12.4 Å². The molecule has 0 atom stereocenters. The standard InChI is InChI=1S/C10H21N.ClH/c1-10(2,3)11-9-7-5-4-6-8-9;/h9,11H,4-8H2,1-3H3;1H. The highest BCUT2D eigenvalue weighted by molar-refractivity contribution is 5.85. The Balaban J connectivity index is 0.00000121. The highest BCUT2D eigenvalue weighted by Gasteiger charge is 2.18. The Hall–Kier alpha value is 0.250. The Morgan fingerprint density at radius 2 is 1.50 bits per heavy atom. The van der Waals surface area contributed by atoms with Crippen LogP contribution in [-0.4, -0.2) is 11.6 Å². The molecule has 1 aliphatic carbocycles. The van der Waals surface area contributed by atoms with Crippen LogP contribution >= 0.6 is 12.4 Å². The molecule has 1 nitrogen and oxygen atoms in total. The first-order valence-corrected chi connectivity index (χ1v) is 4.86. The van der Waals surface area contributed by atoms with E-state index >= 15 is 0 Å². The Morgan fingerprint density at radius 1 is 1.00 bits per heavy atom. The fourth-order valence-electron chi connectivity index (χ4n) is 1.86. The van der Waals surface area contributed by atoms with E-state index in [0.29, 0.717) is 5.54 Å². The molecule has 0 aliphatic heterocycles. The summed E-state index contributed by atoms with van der Waals surface area (Å²) in [7, 11) is 0. The lowest BCUT2D eigenvalue weighted by Gasteiger charge is -2.31. The third-order valence-corrected chi connectivity index (χ3v) is 2.24. The quantitative estimate of drug-likeness (QED) is 0.672. The van der Waals surface area contributed by atoms with Crippen molar-refractivity contribution in [2.24, 2.45) is 0 Å². The summed E-state index contributed by atoms with van der Waals surface area (Å²) in [5.41, 5.74) is 0.308. The fourth-order valence-corrected chi connectivity index (χ4v) is 1.86. The molecule has 1 rings (SSSR count). The predicted molar refractivity (Wildman–Crippen MR) is 57.0 cm³/mol. The molecule has 0 amide bonds. The number of halogens is 1. The zero-order chi connectivity index (χ0) is 8.32. The SMILES string of the molecule is CC(C)(C)NC1CCCCC1.Cl. The van der Waals surface area contributed by atoms with E-state index in [0.717, 1.165) is 6.04 Å². The van der Waals surface area contributed by atoms with E-state index in [9.17, 15) is 0 Å². The summed E-state index contributed by atoms with van der Waals surface area (Å²) < 4.78 is 0. The van der Waals surface area contributed by atoms with Gasteiger partial charge in [-0.3, -0.25) is 0 Å². The predicted octanol–water partition coefficient (Wildman–Crippen LogP) is 3.13. The molecular formula is C10H22ClN. The van der Waals surface area contributed by atoms with Crippen LogP contribution in [0.4, 0.5) is 0 Å². The van der Waals surface area contributed by atoms with Gasteiger partial charge >= 0.3 is 0 Å². The maximum Gasteiger partial charge on any atom is 0.00990 e. The molecule has 2 heteroatoms. The van der Waals surface area contributed by atoms with Crippen LogP contribution in [0.1, 0.15) is 52.9 Å². The minimum absolute atomic E-state index is 0. The Labute approximate surface area is 82.7 Å². The molecule has 0 saturated heterocycles. The van der Waals surface area contributed by atoms with Gasteiger partial charge in [0.25, 0.3) is 0 Å². The number of hydrogen-bond acceptors (Lipinski definition) is 1. The third kappa shape index (κ3) is 5.00. The van der Waals surface area contributed by atoms with Crippen LogP contribution in [0.15, 0.2) is 0 Å². The van der Waals surface area contributed by atoms with Crippen LogP contribution in [0.2, 0.25) is 0 Å². The normalized spacial score (nSPS) is 20.2. The fraction of sp³-hybridized carbons (Fsp3) is 1.00. The molecule has 0 heterocycles. The van der Waals surface area contributed by atoms with E-state index < -0.39 is 0 Å². The average Bonchev–Trinajstić information content (AvgIpc) is 1.85. The molecule has 1 saturated carbocycles. The van der Waals surface area contributed by atoms with Gasteiger partial charge in [0, 0.05) is 11.6 Å². The molecule has 74 valence electrons. The molecule has 0 bridgehead atoms. The number of rotatable bonds is 1. The van der Waals surface area contributed by atoms with Crippen LogP contribution in [0.3, 0.4) is 0 Å². The monoisotopic (exact) mass is 191 g/mol. The molecule has 0 aromatic rings. The highest BCUT2D eigenvalue weighted by atomic mass is 35.5. The third-order valence-electron chi connectivity index (χ3n) is 2.24. The first-order chi connectivity index (χ1) is 5.08. The van der Waals surface area contributed by atoms with Gasteiger partial charge in [-0.1, -0.05) is 19.3 Å². The summed E-state index contributed by atoms with van der Waals surface area (Å²) >= 11 is 0. The summed E-state index contributed by atoms with van der Waals surface area (Å²) in [6, 6.07) is 0.795. The molecule has 0 aromatic carbocycles. The Morgan fingerprint density at radius 3 is 1.92 bits per heavy atom. The molecular weight excluding hydrogens is 170 g/mol. The molecule has 12 heavy (non-hydrogen) atoms. The lowest BCUT2D eigenvalue weighted by molar-refractivity contribution is 0.295. The van der Waals surface area contributed by atoms with E-state index in [4.69, 9.17) is 0 Å². The van der Waals surface area contributed by atoms with Gasteiger partial charge in [-0.05, 0) is 33.6 Å². The van der Waals surface area contributed by atoms with Crippen molar-refractivity contribution in [1.29, 1.82) is 0 Å². The van der Waals surface area contributed by atoms with E-state index in [1.807, 2.05) is 0 Å². The molecule has 1 N–H and O–H groups in total. The highest BCUT2D eigenvalue weighted by Crippen LogP contribution is 2.19. The maximum absolute atomic E-state index is 3.66. The zero-order valence-corrected chi connectivity index (χ0v) is 9.34. The van der Waals surface area contributed by atoms with Crippen LogP contribution < -0.4 is 5.32 Å². The van der Waals surface area contributed by atoms with Crippen LogP contribution in [0.5, 0.6) is 0 Å². The van der Waals surface area contributed by atoms with Gasteiger partial charge in [0.2, 0.25) is 0 Å². The second-order valence-corrected chi connectivity index (χ2v) is 4.73. The molecule has 0 aromatic heterocycles. The van der Waals surface area contributed by atoms with Crippen LogP contribution in [-0.2, 0) is 0 Å². The topological polar surface area (TPSA) is 12.0 Å². The zero-order valence-electron chi connectivity index (χ0n) is 8.52. The lowest BCUT2D eigenvalue weighted by atomic mass is 9.93. The van der Waals surface area contributed by atoms with Gasteiger partial charge < -0.3 is 5.32 Å². The Kier molecular flexibility index (Phi) is 5.19. The summed E-state index contributed by atoms with van der Waals surface area (Å²) in [5.74, 6) is 0. The Bertz CT molecular complexity index is 111. The first kappa shape index (κ1) is 12.2. The minimum atomic E-state index is 0. The largest absolute Gasteiger partial charge is 0.309 e. The average molecular weight is 192 g/mol. The molecule has 1 aliphatic rings. The van der Waals surface area contributed by atoms with Crippen molar-refractivity contribution in [3.63, 3.8) is 0 Å². The summed E-state index contributed by atoms with van der Waals surface area (Å²) in [5, 5.41) is 3.66. The lowest BCUT2D eigenvalue weighted by Crippen LogP contribution is -2.44. The molecule has 1 fully saturated rings. The second kappa shape index (κ2) is 5.08. The van der Waals surface area contributed by atoms with Gasteiger partial charge in [-0.15, -0.1) is 12.4 Å². The molecule has 0 unspecified atom stereocenters. The van der Waals surface area contributed by atoms with Crippen molar-refractivity contribution in [3.05, 3.63) is 0 Å². The van der Waals surface area contributed by atoms with Crippen molar-refractivity contribution in [2.75, 3.05) is 0 Å². The molecule has 0 radical (unpaired) electrons. The second-order valence-electron chi connectivity index (χ2n) is 4.73. The summed E-state index contributed by atoms with van der Waals surface area (Å²) in [4.78, 5) is 0. The van der Waals surface area contributed by atoms with Crippen LogP contribution in [0, 0.1) is 0 Å². The van der Waals surface area contributed by atoms with Gasteiger partial charge in [0.1, 0.15) is 0 Å². The maximum atomic E-state index is 3.66. The van der Waals surface area contributed by atoms with Crippen molar-refractivity contribution in [3.8, 4) is 0 Å². The van der Waals surface area contributed by atoms with E-state index in [1.165, 1.54) is 32.1 Å². The van der Waals surface area contributed by atoms with E-state index in [2.05, 4.69) is 26.1 Å². The van der Waals surface area contributed by atoms with E-state index in [1.54, 1.807) is 0 Å². The summed E-state index contributed by atoms with van der Waals surface area (Å²) in [6.07, 6.45) is 7.07. The number of hydrogen-bond donors (Lipinski definition) is 1. The van der Waals surface area contributed by atoms with Crippen LogP contribution in [0.25, 0.3) is 0 Å². The van der Waals surface area contributed by atoms with Crippen molar-refractivity contribution >= 4 is 12.4 Å². The summed E-state index contributed by atoms with van der Waals surface area (Å²) in [6.45, 7) is 6.75. The minimum Gasteiger partial charge on any atom is -0.309 e. The molecule has 0 spiro atoms. The van der Waals surface area contributed by atoms with Crippen molar-refractivity contribution in [1.82, 2.24) is 5.32 Å². The van der Waals surface area contributed by atoms with Gasteiger partial charge in [-0.2, -0.15) is 0 Å². The van der Waals surface area contributed by atoms with Gasteiger partial charge in [0.15, 0.2) is 0 Å². The smallest absolute Gasteiger partial charge is 0.00990 e. The first-order valence-electron chi connectivity index (χ1n) is 4.86. The number of nitrogens with one attached hydrogen (secondary N) is 1.